The highest BCUT2D eigenvalue weighted by molar-refractivity contribution is 4.33. The van der Waals surface area contributed by atoms with Crippen LogP contribution in [0.2, 0.25) is 0 Å². The molecule has 0 rings (SSSR count). The van der Waals surface area contributed by atoms with Gasteiger partial charge >= 0.3 is 0 Å². The van der Waals surface area contributed by atoms with Crippen LogP contribution >= 0.6 is 0 Å². The summed E-state index contributed by atoms with van der Waals surface area (Å²) in [5.41, 5.74) is 7.49. The maximum absolute atomic E-state index is 7.49. The van der Waals surface area contributed by atoms with Gasteiger partial charge in [0.1, 0.15) is 6.73 Å². The minimum atomic E-state index is -0.212. The molecule has 0 aliphatic rings. The van der Waals surface area contributed by atoms with E-state index in [9.17, 15) is 0 Å². The van der Waals surface area contributed by atoms with Crippen molar-refractivity contribution in [3.8, 4) is 0 Å². The molecular weight excluding hydrogens is 70.0 g/mol. The first-order valence-electron chi connectivity index (χ1n) is 1.41. The molecule has 4 nitrogen and oxygen atoms in total. The van der Waals surface area contributed by atoms with E-state index < -0.39 is 0 Å². The van der Waals surface area contributed by atoms with Crippen LogP contribution in [0.4, 0.5) is 0 Å². The van der Waals surface area contributed by atoms with Crippen LogP contribution in [-0.4, -0.2) is 13.3 Å². The first-order valence-corrected chi connectivity index (χ1v) is 1.00. The first-order chi connectivity index (χ1) is 2.91. The molecule has 4 heteroatoms. The first kappa shape index (κ1) is 2.50. The van der Waals surface area contributed by atoms with Crippen molar-refractivity contribution < 1.29 is 5.11 Å². The van der Waals surface area contributed by atoms with Crippen LogP contribution in [-0.2, 0) is 0 Å². The van der Waals surface area contributed by atoms with Crippen molar-refractivity contribution in [3.05, 3.63) is 10.4 Å². The Morgan fingerprint density at radius 2 is 3.20 bits per heavy atom. The molecule has 0 saturated heterocycles. The van der Waals surface area contributed by atoms with Gasteiger partial charge in [-0.25, -0.2) is 0 Å². The van der Waals surface area contributed by atoms with Gasteiger partial charge in [0.05, 0.1) is 0 Å². The second-order valence-corrected chi connectivity index (χ2v) is 0.360. The molecule has 0 unspecified atom stereocenters. The van der Waals surface area contributed by atoms with E-state index >= 15 is 0 Å². The Kier molecular flexibility index (Phi) is 1.64. The molecule has 0 amide bonds. The number of hydrogen-bond donors (Lipinski definition) is 1. The number of hydrogen-bond acceptors (Lipinski definition) is 2. The summed E-state index contributed by atoms with van der Waals surface area (Å²) in [6.07, 6.45) is 0. The summed E-state index contributed by atoms with van der Waals surface area (Å²) in [5.74, 6) is 0. The fourth-order valence-corrected chi connectivity index (χ4v) is 0.0258. The molecule has 0 bridgehead atoms. The Bertz CT molecular complexity index is 67.2. The highest BCUT2D eigenvalue weighted by atomic mass is 16.3. The van der Waals surface area contributed by atoms with Crippen LogP contribution in [0.1, 0.15) is 0 Å². The van der Waals surface area contributed by atoms with Crippen LogP contribution in [0.3, 0.4) is 0 Å². The minimum Gasteiger partial charge on any atom is -0.390 e. The third-order valence-corrected chi connectivity index (χ3v) is 0.121. The van der Waals surface area contributed by atoms with Gasteiger partial charge in [-0.15, -0.1) is 0 Å². The molecule has 1 N–H and O–H groups in total. The Hall–Kier alpha value is -0.730. The zero-order chi connectivity index (χ0) is 4.83. The summed E-state index contributed by atoms with van der Waals surface area (Å²) in [6.45, 7) is -0.212. The number of nitrogens with zero attached hydrogens (tertiary/aromatic N) is 3. The van der Waals surface area contributed by atoms with Crippen LogP contribution in [0.25, 0.3) is 10.4 Å². The summed E-state index contributed by atoms with van der Waals surface area (Å²) in [6, 6.07) is 0. The number of rotatable bonds is 2. The van der Waals surface area contributed by atoms with Gasteiger partial charge < -0.3 is 5.11 Å². The van der Waals surface area contributed by atoms with E-state index in [4.69, 9.17) is 6.96 Å². The van der Waals surface area contributed by atoms with Gasteiger partial charge in [0.15, 0.2) is 0 Å². The summed E-state index contributed by atoms with van der Waals surface area (Å²) >= 11 is 0. The molecule has 0 aliphatic carbocycles. The Morgan fingerprint density at radius 1 is 2.40 bits per heavy atom. The van der Waals surface area contributed by atoms with Gasteiger partial charge in [0.25, 0.3) is 0 Å². The molecule has 0 atom stereocenters. The number of azide groups is 1. The number of aliphatic hydroxyl groups is 1. The van der Waals surface area contributed by atoms with Crippen molar-refractivity contribution in [2.24, 2.45) is 5.11 Å². The molecule has 0 radical (unpaired) electrons. The number of aliphatic hydroxyl groups excluding tert-OH is 1. The molecule has 5 heavy (non-hydrogen) atoms. The van der Waals surface area contributed by atoms with E-state index in [1.54, 1.807) is 0 Å². The summed E-state index contributed by atoms with van der Waals surface area (Å²) in [4.78, 5) is 2.31. The molecule has 0 saturated carbocycles. The predicted molar refractivity (Wildman–Crippen MR) is 16.2 cm³/mol. The molecule has 0 fully saturated rings. The van der Waals surface area contributed by atoms with Gasteiger partial charge in [-0.1, -0.05) is 5.11 Å². The summed E-state index contributed by atoms with van der Waals surface area (Å²) in [5, 5.41) is 6.47. The second-order valence-electron chi connectivity index (χ2n) is 0.360. The SMILES string of the molecule is [2H]OCN=[N+]=[N-]. The normalized spacial score (nSPS) is 8.40. The van der Waals surface area contributed by atoms with E-state index in [1.807, 2.05) is 0 Å². The predicted octanol–water partition coefficient (Wildman–Crippen LogP) is 0.247. The third-order valence-electron chi connectivity index (χ3n) is 0.121. The van der Waals surface area contributed by atoms with Gasteiger partial charge in [0.2, 0.25) is 1.43 Å². The lowest BCUT2D eigenvalue weighted by atomic mass is 11.4. The lowest BCUT2D eigenvalue weighted by Gasteiger charge is -1.59. The molecule has 0 aromatic heterocycles. The fraction of sp³-hybridized carbons (Fsp3) is 1.00. The molecular formula is CH3N3O. The highest BCUT2D eigenvalue weighted by Crippen LogP contribution is 1.57. The van der Waals surface area contributed by atoms with Crippen LogP contribution < -0.4 is 0 Å². The van der Waals surface area contributed by atoms with E-state index in [0.29, 0.717) is 0 Å². The lowest BCUT2D eigenvalue weighted by Crippen LogP contribution is -1.62. The van der Waals surface area contributed by atoms with Gasteiger partial charge in [-0.3, -0.25) is 0 Å². The van der Waals surface area contributed by atoms with Gasteiger partial charge in [-0.2, -0.15) is 0 Å². The van der Waals surface area contributed by atoms with Crippen molar-refractivity contribution in [3.63, 3.8) is 0 Å². The van der Waals surface area contributed by atoms with E-state index in [1.165, 1.54) is 0 Å². The van der Waals surface area contributed by atoms with Crippen molar-refractivity contribution in [1.82, 2.24) is 0 Å². The van der Waals surface area contributed by atoms with Crippen molar-refractivity contribution in [2.45, 2.75) is 0 Å². The highest BCUT2D eigenvalue weighted by Gasteiger charge is 1.51. The van der Waals surface area contributed by atoms with Crippen molar-refractivity contribution >= 4 is 0 Å². The van der Waals surface area contributed by atoms with Crippen LogP contribution in [0.15, 0.2) is 5.11 Å². The van der Waals surface area contributed by atoms with Crippen molar-refractivity contribution in [1.29, 1.82) is 1.43 Å². The standard InChI is InChI=1S/CH3N3O/c2-4-3-1-5/h5H,1H2/i5D. The Labute approximate surface area is 30.2 Å². The third kappa shape index (κ3) is 3.27. The Balaban J connectivity index is 2.86. The average Bonchev–Trinajstić information content (AvgIpc) is 1.61. The lowest BCUT2D eigenvalue weighted by molar-refractivity contribution is 0.307. The van der Waals surface area contributed by atoms with Gasteiger partial charge in [-0.05, 0) is 5.53 Å². The molecule has 0 spiro atoms. The van der Waals surface area contributed by atoms with E-state index in [2.05, 4.69) is 15.1 Å². The second kappa shape index (κ2) is 3.27. The smallest absolute Gasteiger partial charge is 0.210 e. The molecule has 0 aromatic rings. The van der Waals surface area contributed by atoms with E-state index in [-0.39, 0.29) is 6.73 Å². The summed E-state index contributed by atoms with van der Waals surface area (Å²) in [7, 11) is 0. The quantitative estimate of drug-likeness (QED) is 0.284. The summed E-state index contributed by atoms with van der Waals surface area (Å²) < 4.78 is 5.94. The molecule has 28 valence electrons. The fourth-order valence-electron chi connectivity index (χ4n) is 0.0258. The zero-order valence-corrected chi connectivity index (χ0v) is 2.46. The van der Waals surface area contributed by atoms with Crippen LogP contribution in [0.5, 0.6) is 0 Å². The average molecular weight is 74.1 g/mol. The zero-order valence-electron chi connectivity index (χ0n) is 3.46. The maximum atomic E-state index is 7.49. The van der Waals surface area contributed by atoms with E-state index in [0.717, 1.165) is 0 Å². The maximum Gasteiger partial charge on any atom is 0.210 e. The topological polar surface area (TPSA) is 69.0 Å². The van der Waals surface area contributed by atoms with Crippen LogP contribution in [0, 0.1) is 0 Å². The largest absolute Gasteiger partial charge is 0.390 e. The van der Waals surface area contributed by atoms with Gasteiger partial charge in [0, 0.05) is 4.91 Å². The Morgan fingerprint density at radius 3 is 3.40 bits per heavy atom. The minimum absolute atomic E-state index is 0.212. The molecule has 0 aromatic carbocycles. The molecule has 0 heterocycles. The molecule has 0 aliphatic heterocycles. The monoisotopic (exact) mass is 74.0 g/mol. The van der Waals surface area contributed by atoms with Crippen molar-refractivity contribution in [2.75, 3.05) is 6.73 Å².